The number of benzene rings is 3. The van der Waals surface area contributed by atoms with Gasteiger partial charge in [0.1, 0.15) is 11.4 Å². The predicted molar refractivity (Wildman–Crippen MR) is 148 cm³/mol. The summed E-state index contributed by atoms with van der Waals surface area (Å²) < 4.78 is 74.6. The fourth-order valence-electron chi connectivity index (χ4n) is 4.21. The van der Waals surface area contributed by atoms with Crippen molar-refractivity contribution in [3.8, 4) is 5.75 Å². The van der Waals surface area contributed by atoms with E-state index in [1.54, 1.807) is 48.5 Å². The second-order valence-electron chi connectivity index (χ2n) is 9.08. The quantitative estimate of drug-likeness (QED) is 0.112. The number of amides is 1. The molecular formula is C28H27F5N4O2S. The predicted octanol–water partition coefficient (Wildman–Crippen LogP) is 6.01. The Morgan fingerprint density at radius 3 is 2.10 bits per heavy atom. The summed E-state index contributed by atoms with van der Waals surface area (Å²) in [6.07, 6.45) is 1.92. The zero-order valence-electron chi connectivity index (χ0n) is 21.6. The molecule has 212 valence electrons. The van der Waals surface area contributed by atoms with Gasteiger partial charge in [-0.3, -0.25) is 10.1 Å². The van der Waals surface area contributed by atoms with Crippen molar-refractivity contribution in [1.82, 2.24) is 5.32 Å². The Morgan fingerprint density at radius 1 is 0.875 bits per heavy atom. The molecule has 0 radical (unpaired) electrons. The molecule has 40 heavy (non-hydrogen) atoms. The summed E-state index contributed by atoms with van der Waals surface area (Å²) in [7, 11) is 0. The van der Waals surface area contributed by atoms with Crippen molar-refractivity contribution in [1.29, 1.82) is 0 Å². The van der Waals surface area contributed by atoms with Crippen LogP contribution in [-0.2, 0) is 0 Å². The molecule has 2 N–H and O–H groups in total. The van der Waals surface area contributed by atoms with Gasteiger partial charge < -0.3 is 19.9 Å². The number of hydrogen-bond acceptors (Lipinski definition) is 5. The van der Waals surface area contributed by atoms with Crippen LogP contribution in [0.2, 0.25) is 0 Å². The van der Waals surface area contributed by atoms with Crippen LogP contribution in [0, 0.1) is 29.1 Å². The molecule has 12 heteroatoms. The molecule has 3 aromatic rings. The largest absolute Gasteiger partial charge is 0.494 e. The number of carbonyl (C=O) groups is 1. The van der Waals surface area contributed by atoms with Crippen molar-refractivity contribution in [2.45, 2.75) is 19.8 Å². The van der Waals surface area contributed by atoms with Gasteiger partial charge in [0, 0.05) is 43.1 Å². The summed E-state index contributed by atoms with van der Waals surface area (Å²) in [5, 5.41) is 5.67. The average Bonchev–Trinajstić information content (AvgIpc) is 2.96. The lowest BCUT2D eigenvalue weighted by Crippen LogP contribution is -2.47. The number of unbranched alkanes of at least 4 members (excludes halogenated alkanes) is 1. The number of nitrogens with zero attached hydrogens (tertiary/aromatic N) is 2. The van der Waals surface area contributed by atoms with Gasteiger partial charge in [-0.1, -0.05) is 19.4 Å². The van der Waals surface area contributed by atoms with E-state index in [0.29, 0.717) is 36.7 Å². The Balaban J connectivity index is 1.31. The molecule has 0 atom stereocenters. The first-order valence-corrected chi connectivity index (χ1v) is 13.1. The van der Waals surface area contributed by atoms with Gasteiger partial charge in [-0.2, -0.15) is 0 Å². The van der Waals surface area contributed by atoms with E-state index in [0.717, 1.165) is 23.4 Å². The fourth-order valence-corrected chi connectivity index (χ4v) is 4.42. The van der Waals surface area contributed by atoms with Gasteiger partial charge in [-0.15, -0.1) is 0 Å². The zero-order chi connectivity index (χ0) is 28.8. The Bertz CT molecular complexity index is 1350. The Hall–Kier alpha value is -3.93. The highest BCUT2D eigenvalue weighted by atomic mass is 32.1. The summed E-state index contributed by atoms with van der Waals surface area (Å²) in [5.74, 6) is -9.55. The third-order valence-electron chi connectivity index (χ3n) is 6.36. The van der Waals surface area contributed by atoms with E-state index in [2.05, 4.69) is 17.6 Å². The summed E-state index contributed by atoms with van der Waals surface area (Å²) in [6.45, 7) is 3.33. The molecular weight excluding hydrogens is 551 g/mol. The summed E-state index contributed by atoms with van der Waals surface area (Å²) in [6, 6.07) is 13.9. The monoisotopic (exact) mass is 578 g/mol. The Labute approximate surface area is 233 Å². The Kier molecular flexibility index (Phi) is 9.41. The van der Waals surface area contributed by atoms with Crippen LogP contribution in [0.1, 0.15) is 30.1 Å². The maximum Gasteiger partial charge on any atom is 0.257 e. The zero-order valence-corrected chi connectivity index (χ0v) is 22.4. The summed E-state index contributed by atoms with van der Waals surface area (Å²) >= 11 is 5.27. The van der Waals surface area contributed by atoms with Crippen LogP contribution >= 0.6 is 12.2 Å². The van der Waals surface area contributed by atoms with Gasteiger partial charge in [0.15, 0.2) is 28.4 Å². The van der Waals surface area contributed by atoms with E-state index in [1.807, 2.05) is 4.90 Å². The third-order valence-corrected chi connectivity index (χ3v) is 6.57. The second kappa shape index (κ2) is 12.9. The minimum Gasteiger partial charge on any atom is -0.494 e. The SMILES string of the molecule is CCCCOc1cccc(C(=O)NC(=S)Nc2ccc(N3CCN(c4c(F)c(F)c(F)c(F)c4F)CC3)cc2)c1. The first-order valence-electron chi connectivity index (χ1n) is 12.7. The number of ether oxygens (including phenoxy) is 1. The van der Waals surface area contributed by atoms with Crippen LogP contribution in [0.25, 0.3) is 0 Å². The fraction of sp³-hybridized carbons (Fsp3) is 0.286. The standard InChI is InChI=1S/C28H27F5N4O2S/c1-2-3-15-39-20-6-4-5-17(16-20)27(38)35-28(40)34-18-7-9-19(10-8-18)36-11-13-37(14-12-36)26-24(32)22(30)21(29)23(31)25(26)33/h4-10,16H,2-3,11-15H2,1H3,(H2,34,35,38,40). The molecule has 0 aliphatic carbocycles. The van der Waals surface area contributed by atoms with Gasteiger partial charge in [0.05, 0.1) is 6.61 Å². The van der Waals surface area contributed by atoms with E-state index >= 15 is 0 Å². The van der Waals surface area contributed by atoms with Crippen LogP contribution in [0.3, 0.4) is 0 Å². The van der Waals surface area contributed by atoms with Crippen LogP contribution in [0.5, 0.6) is 5.75 Å². The van der Waals surface area contributed by atoms with Crippen molar-refractivity contribution >= 4 is 40.3 Å². The maximum absolute atomic E-state index is 14.2. The van der Waals surface area contributed by atoms with E-state index < -0.39 is 34.8 Å². The number of hydrogen-bond donors (Lipinski definition) is 2. The first-order chi connectivity index (χ1) is 19.2. The number of piperazine rings is 1. The molecule has 1 heterocycles. The molecule has 0 saturated carbocycles. The van der Waals surface area contributed by atoms with Crippen LogP contribution in [0.4, 0.5) is 39.0 Å². The molecule has 0 aromatic heterocycles. The smallest absolute Gasteiger partial charge is 0.257 e. The molecule has 1 aliphatic heterocycles. The van der Waals surface area contributed by atoms with Gasteiger partial charge in [-0.05, 0) is 61.1 Å². The van der Waals surface area contributed by atoms with Crippen molar-refractivity contribution in [2.75, 3.05) is 47.9 Å². The lowest BCUT2D eigenvalue weighted by molar-refractivity contribution is 0.0977. The summed E-state index contributed by atoms with van der Waals surface area (Å²) in [5.41, 5.74) is 0.892. The molecule has 1 fully saturated rings. The first kappa shape index (κ1) is 29.1. The van der Waals surface area contributed by atoms with Crippen molar-refractivity contribution < 1.29 is 31.5 Å². The highest BCUT2D eigenvalue weighted by Crippen LogP contribution is 2.31. The van der Waals surface area contributed by atoms with Gasteiger partial charge in [-0.25, -0.2) is 22.0 Å². The van der Waals surface area contributed by atoms with Crippen molar-refractivity contribution in [3.63, 3.8) is 0 Å². The molecule has 4 rings (SSSR count). The van der Waals surface area contributed by atoms with Crippen molar-refractivity contribution in [3.05, 3.63) is 83.2 Å². The number of nitrogens with one attached hydrogen (secondary N) is 2. The number of rotatable bonds is 8. The Morgan fingerprint density at radius 2 is 1.48 bits per heavy atom. The average molecular weight is 579 g/mol. The highest BCUT2D eigenvalue weighted by molar-refractivity contribution is 7.80. The lowest BCUT2D eigenvalue weighted by atomic mass is 10.2. The minimum absolute atomic E-state index is 0.0549. The summed E-state index contributed by atoms with van der Waals surface area (Å²) in [4.78, 5) is 15.7. The topological polar surface area (TPSA) is 56.8 Å². The van der Waals surface area contributed by atoms with Gasteiger partial charge >= 0.3 is 0 Å². The van der Waals surface area contributed by atoms with Gasteiger partial charge in [0.25, 0.3) is 5.91 Å². The third kappa shape index (κ3) is 6.61. The van der Waals surface area contributed by atoms with Crippen LogP contribution in [0.15, 0.2) is 48.5 Å². The van der Waals surface area contributed by atoms with E-state index in [9.17, 15) is 26.7 Å². The molecule has 0 spiro atoms. The molecule has 1 saturated heterocycles. The molecule has 6 nitrogen and oxygen atoms in total. The minimum atomic E-state index is -2.17. The normalized spacial score (nSPS) is 13.2. The number of carbonyl (C=O) groups excluding carboxylic acids is 1. The lowest BCUT2D eigenvalue weighted by Gasteiger charge is -2.37. The van der Waals surface area contributed by atoms with E-state index in [1.165, 1.54) is 0 Å². The molecule has 3 aromatic carbocycles. The molecule has 1 aliphatic rings. The molecule has 0 unspecified atom stereocenters. The number of anilines is 3. The van der Waals surface area contributed by atoms with Crippen LogP contribution < -0.4 is 25.2 Å². The molecule has 1 amide bonds. The van der Waals surface area contributed by atoms with E-state index in [4.69, 9.17) is 17.0 Å². The maximum atomic E-state index is 14.2. The van der Waals surface area contributed by atoms with Crippen LogP contribution in [-0.4, -0.2) is 43.8 Å². The number of thiocarbonyl (C=S) groups is 1. The second-order valence-corrected chi connectivity index (χ2v) is 9.49. The number of halogens is 5. The van der Waals surface area contributed by atoms with Gasteiger partial charge in [0.2, 0.25) is 5.82 Å². The molecule has 0 bridgehead atoms. The van der Waals surface area contributed by atoms with E-state index in [-0.39, 0.29) is 24.1 Å². The van der Waals surface area contributed by atoms with Crippen molar-refractivity contribution in [2.24, 2.45) is 0 Å². The highest BCUT2D eigenvalue weighted by Gasteiger charge is 2.30.